The van der Waals surface area contributed by atoms with Crippen LogP contribution in [-0.4, -0.2) is 46.7 Å². The van der Waals surface area contributed by atoms with Crippen LogP contribution in [0.5, 0.6) is 0 Å². The second-order valence-corrected chi connectivity index (χ2v) is 3.32. The highest BCUT2D eigenvalue weighted by molar-refractivity contribution is 5.93. The van der Waals surface area contributed by atoms with Gasteiger partial charge in [-0.15, -0.1) is 6.58 Å². The third-order valence-corrected chi connectivity index (χ3v) is 2.55. The van der Waals surface area contributed by atoms with Gasteiger partial charge in [-0.25, -0.2) is 0 Å². The van der Waals surface area contributed by atoms with Crippen molar-refractivity contribution in [2.75, 3.05) is 19.7 Å². The first kappa shape index (κ1) is 10.2. The fourth-order valence-corrected chi connectivity index (χ4v) is 1.78. The summed E-state index contributed by atoms with van der Waals surface area (Å²) in [6.45, 7) is 7.16. The maximum Gasteiger partial charge on any atom is 0.0805 e. The molecule has 2 atom stereocenters. The molecule has 0 aromatic heterocycles. The summed E-state index contributed by atoms with van der Waals surface area (Å²) in [4.78, 5) is 2.11. The Morgan fingerprint density at radius 2 is 2.46 bits per heavy atom. The molecule has 1 fully saturated rings. The van der Waals surface area contributed by atoms with Gasteiger partial charge in [0.2, 0.25) is 0 Å². The van der Waals surface area contributed by atoms with E-state index in [-0.39, 0.29) is 18.6 Å². The Labute approximate surface area is 78.2 Å². The average molecular weight is 184 g/mol. The summed E-state index contributed by atoms with van der Waals surface area (Å²) < 4.78 is 0. The lowest BCUT2D eigenvalue weighted by Crippen LogP contribution is -2.30. The van der Waals surface area contributed by atoms with Gasteiger partial charge in [0, 0.05) is 25.0 Å². The van der Waals surface area contributed by atoms with Gasteiger partial charge < -0.3 is 10.3 Å². The first-order valence-electron chi connectivity index (χ1n) is 4.42. The van der Waals surface area contributed by atoms with Crippen LogP contribution in [-0.2, 0) is 0 Å². The Morgan fingerprint density at radius 3 is 2.85 bits per heavy atom. The highest BCUT2D eigenvalue weighted by Gasteiger charge is 2.34. The smallest absolute Gasteiger partial charge is 0.0805 e. The molecule has 4 nitrogen and oxygen atoms in total. The Morgan fingerprint density at radius 1 is 1.77 bits per heavy atom. The number of aliphatic hydroxyl groups is 1. The van der Waals surface area contributed by atoms with Gasteiger partial charge in [0.05, 0.1) is 12.3 Å². The van der Waals surface area contributed by atoms with Crippen molar-refractivity contribution in [1.29, 1.82) is 0 Å². The zero-order valence-electron chi connectivity index (χ0n) is 7.85. The summed E-state index contributed by atoms with van der Waals surface area (Å²) in [6.07, 6.45) is 1.81. The van der Waals surface area contributed by atoms with E-state index in [2.05, 4.69) is 16.6 Å². The highest BCUT2D eigenvalue weighted by Crippen LogP contribution is 2.19. The second kappa shape index (κ2) is 4.39. The van der Waals surface area contributed by atoms with Gasteiger partial charge in [0.1, 0.15) is 0 Å². The van der Waals surface area contributed by atoms with E-state index < -0.39 is 0 Å². The minimum atomic E-state index is -0.0278. The molecular formula is C9H16N2O2. The van der Waals surface area contributed by atoms with Gasteiger partial charge in [-0.2, -0.15) is 0 Å². The van der Waals surface area contributed by atoms with Crippen LogP contribution in [0.4, 0.5) is 0 Å². The third-order valence-electron chi connectivity index (χ3n) is 2.55. The zero-order chi connectivity index (χ0) is 9.84. The van der Waals surface area contributed by atoms with E-state index in [9.17, 15) is 0 Å². The summed E-state index contributed by atoms with van der Waals surface area (Å²) >= 11 is 0. The first-order valence-corrected chi connectivity index (χ1v) is 4.42. The van der Waals surface area contributed by atoms with E-state index in [1.807, 2.05) is 13.0 Å². The van der Waals surface area contributed by atoms with E-state index in [1.54, 1.807) is 0 Å². The van der Waals surface area contributed by atoms with E-state index in [0.717, 1.165) is 13.1 Å². The van der Waals surface area contributed by atoms with Gasteiger partial charge in [0.15, 0.2) is 0 Å². The Hall–Kier alpha value is -0.870. The van der Waals surface area contributed by atoms with E-state index in [4.69, 9.17) is 10.3 Å². The molecule has 1 saturated heterocycles. The molecule has 1 heterocycles. The molecule has 74 valence electrons. The molecule has 0 aliphatic carbocycles. The molecular weight excluding hydrogens is 168 g/mol. The molecule has 0 amide bonds. The van der Waals surface area contributed by atoms with Crippen molar-refractivity contribution in [3.8, 4) is 0 Å². The number of rotatable bonds is 3. The fraction of sp³-hybridized carbons (Fsp3) is 0.667. The standard InChI is InChI=1S/C9H16N2O2/c1-3-4-11-5-8(6-12)9(10-13)7(11)2/h3,7-8,12-13H,1,4-6H2,2H3/b10-9+/t7-,8-/m0/s1. The number of nitrogens with zero attached hydrogens (tertiary/aromatic N) is 2. The number of hydrogen-bond acceptors (Lipinski definition) is 4. The molecule has 13 heavy (non-hydrogen) atoms. The molecule has 1 aliphatic rings. The number of oxime groups is 1. The van der Waals surface area contributed by atoms with Crippen molar-refractivity contribution in [2.45, 2.75) is 13.0 Å². The summed E-state index contributed by atoms with van der Waals surface area (Å²) in [7, 11) is 0. The predicted molar refractivity (Wildman–Crippen MR) is 51.0 cm³/mol. The maximum absolute atomic E-state index is 9.03. The second-order valence-electron chi connectivity index (χ2n) is 3.32. The topological polar surface area (TPSA) is 56.1 Å². The van der Waals surface area contributed by atoms with Gasteiger partial charge in [-0.3, -0.25) is 4.90 Å². The largest absolute Gasteiger partial charge is 0.411 e. The lowest BCUT2D eigenvalue weighted by atomic mass is 10.1. The highest BCUT2D eigenvalue weighted by atomic mass is 16.4. The quantitative estimate of drug-likeness (QED) is 0.377. The average Bonchev–Trinajstić information content (AvgIpc) is 2.44. The van der Waals surface area contributed by atoms with Crippen LogP contribution in [0.1, 0.15) is 6.92 Å². The predicted octanol–water partition coefficient (Wildman–Crippen LogP) is 0.315. The normalized spacial score (nSPS) is 32.6. The summed E-state index contributed by atoms with van der Waals surface area (Å²) in [5.41, 5.74) is 0.671. The van der Waals surface area contributed by atoms with Crippen molar-refractivity contribution in [3.05, 3.63) is 12.7 Å². The van der Waals surface area contributed by atoms with Crippen LogP contribution in [0.2, 0.25) is 0 Å². The van der Waals surface area contributed by atoms with Crippen molar-refractivity contribution >= 4 is 5.71 Å². The van der Waals surface area contributed by atoms with E-state index >= 15 is 0 Å². The molecule has 0 spiro atoms. The van der Waals surface area contributed by atoms with Gasteiger partial charge in [-0.1, -0.05) is 11.2 Å². The summed E-state index contributed by atoms with van der Waals surface area (Å²) in [5.74, 6) is -0.0278. The minimum Gasteiger partial charge on any atom is -0.411 e. The van der Waals surface area contributed by atoms with Crippen LogP contribution in [0.15, 0.2) is 17.8 Å². The summed E-state index contributed by atoms with van der Waals surface area (Å²) in [5, 5.41) is 21.0. The van der Waals surface area contributed by atoms with Crippen molar-refractivity contribution in [3.63, 3.8) is 0 Å². The van der Waals surface area contributed by atoms with Crippen molar-refractivity contribution in [2.24, 2.45) is 11.1 Å². The van der Waals surface area contributed by atoms with Crippen LogP contribution < -0.4 is 0 Å². The first-order chi connectivity index (χ1) is 6.24. The number of hydrogen-bond donors (Lipinski definition) is 2. The molecule has 1 aliphatic heterocycles. The monoisotopic (exact) mass is 184 g/mol. The Balaban J connectivity index is 2.71. The van der Waals surface area contributed by atoms with Crippen LogP contribution in [0.3, 0.4) is 0 Å². The molecule has 2 N–H and O–H groups in total. The lowest BCUT2D eigenvalue weighted by Gasteiger charge is -2.17. The Kier molecular flexibility index (Phi) is 3.45. The fourth-order valence-electron chi connectivity index (χ4n) is 1.78. The van der Waals surface area contributed by atoms with Gasteiger partial charge in [0.25, 0.3) is 0 Å². The number of aliphatic hydroxyl groups excluding tert-OH is 1. The SMILES string of the molecule is C=CCN1C[C@@H](CO)/C(=N/O)[C@@H]1C. The van der Waals surface area contributed by atoms with Crippen LogP contribution in [0.25, 0.3) is 0 Å². The molecule has 0 aromatic carbocycles. The van der Waals surface area contributed by atoms with Crippen LogP contribution >= 0.6 is 0 Å². The van der Waals surface area contributed by atoms with Crippen molar-refractivity contribution in [1.82, 2.24) is 4.90 Å². The van der Waals surface area contributed by atoms with Gasteiger partial charge in [-0.05, 0) is 6.92 Å². The van der Waals surface area contributed by atoms with Gasteiger partial charge >= 0.3 is 0 Å². The summed E-state index contributed by atoms with van der Waals surface area (Å²) in [6, 6.07) is 0.0974. The lowest BCUT2D eigenvalue weighted by molar-refractivity contribution is 0.231. The molecule has 0 aromatic rings. The molecule has 0 unspecified atom stereocenters. The Bertz CT molecular complexity index is 216. The molecule has 0 saturated carbocycles. The third kappa shape index (κ3) is 1.89. The minimum absolute atomic E-state index is 0.0278. The van der Waals surface area contributed by atoms with Crippen LogP contribution in [0, 0.1) is 5.92 Å². The molecule has 4 heteroatoms. The molecule has 0 radical (unpaired) electrons. The van der Waals surface area contributed by atoms with Crippen molar-refractivity contribution < 1.29 is 10.3 Å². The van der Waals surface area contributed by atoms with E-state index in [0.29, 0.717) is 5.71 Å². The molecule has 0 bridgehead atoms. The zero-order valence-corrected chi connectivity index (χ0v) is 7.85. The van der Waals surface area contributed by atoms with E-state index in [1.165, 1.54) is 0 Å². The maximum atomic E-state index is 9.03. The molecule has 1 rings (SSSR count). The number of likely N-dealkylation sites (tertiary alicyclic amines) is 1.